The maximum Gasteiger partial charge on any atom is 0.312 e. The van der Waals surface area contributed by atoms with E-state index in [0.29, 0.717) is 11.3 Å². The highest BCUT2D eigenvalue weighted by Gasteiger charge is 2.36. The van der Waals surface area contributed by atoms with Crippen molar-refractivity contribution >= 4 is 45.6 Å². The third-order valence-electron chi connectivity index (χ3n) is 5.19. The molecule has 6 N–H and O–H groups in total. The summed E-state index contributed by atoms with van der Waals surface area (Å²) >= 11 is 0. The van der Waals surface area contributed by atoms with Crippen molar-refractivity contribution in [2.45, 2.75) is 57.4 Å². The van der Waals surface area contributed by atoms with Crippen LogP contribution >= 0.6 is 0 Å². The monoisotopic (exact) mass is 517 g/mol. The van der Waals surface area contributed by atoms with E-state index in [4.69, 9.17) is 5.73 Å². The molecule has 1 rings (SSSR count). The molecule has 0 saturated carbocycles. The molecule has 0 aromatic heterocycles. The lowest BCUT2D eigenvalue weighted by atomic mass is 10.0. The van der Waals surface area contributed by atoms with Crippen LogP contribution in [0.3, 0.4) is 0 Å². The van der Waals surface area contributed by atoms with Crippen LogP contribution in [0.15, 0.2) is 12.2 Å². The van der Waals surface area contributed by atoms with Gasteiger partial charge in [0.2, 0.25) is 11.8 Å². The number of ketones is 1. The van der Waals surface area contributed by atoms with E-state index in [9.17, 15) is 41.7 Å². The highest BCUT2D eigenvalue weighted by atomic mass is 32.2. The molecule has 35 heavy (non-hydrogen) atoms. The normalized spacial score (nSPS) is 16.1. The van der Waals surface area contributed by atoms with Crippen LogP contribution in [0.5, 0.6) is 0 Å². The molecule has 1 aliphatic heterocycles. The molecule has 196 valence electrons. The highest BCUT2D eigenvalue weighted by Crippen LogP contribution is 2.12. The van der Waals surface area contributed by atoms with Crippen molar-refractivity contribution < 1.29 is 41.7 Å². The van der Waals surface area contributed by atoms with Gasteiger partial charge in [0.25, 0.3) is 21.9 Å². The Morgan fingerprint density at radius 2 is 1.60 bits per heavy atom. The number of rotatable bonds is 14. The molecule has 0 radical (unpaired) electrons. The van der Waals surface area contributed by atoms with Gasteiger partial charge in [-0.15, -0.1) is 0 Å². The van der Waals surface area contributed by atoms with E-state index in [1.807, 2.05) is 0 Å². The predicted octanol–water partition coefficient (Wildman–Crippen LogP) is -1.78. The van der Waals surface area contributed by atoms with Gasteiger partial charge < -0.3 is 21.7 Å². The van der Waals surface area contributed by atoms with Gasteiger partial charge in [0.1, 0.15) is 6.04 Å². The summed E-state index contributed by atoms with van der Waals surface area (Å²) in [6.45, 7) is 4.11. The van der Waals surface area contributed by atoms with Gasteiger partial charge in [-0.05, 0) is 32.1 Å². The first-order chi connectivity index (χ1) is 16.1. The second-order valence-electron chi connectivity index (χ2n) is 8.29. The lowest BCUT2D eigenvalue weighted by Gasteiger charge is -2.26. The van der Waals surface area contributed by atoms with Crippen molar-refractivity contribution in [3.63, 3.8) is 0 Å². The number of carbonyl (C=O) groups is 6. The standard InChI is InChI=1S/C20H31N5O9S/c1-11(2)17(19(30)23-13(12(3)26)5-4-9-22-20(21)31)24-18(29)14(35(32,33)34)8-10-25-15(27)6-7-16(25)28/h6-7,11,13-14,17H,4-5,8-10H2,1-3H3,(H,23,30)(H,24,29)(H3,21,22,31)(H,32,33,34)/t13?,14-,17-/m0/s1. The number of urea groups is 1. The van der Waals surface area contributed by atoms with E-state index in [1.165, 1.54) is 6.92 Å². The summed E-state index contributed by atoms with van der Waals surface area (Å²) in [4.78, 5) is 72.2. The third kappa shape index (κ3) is 9.44. The largest absolute Gasteiger partial charge is 0.352 e. The maximum atomic E-state index is 12.8. The molecule has 15 heteroatoms. The Kier molecular flexibility index (Phi) is 11.0. The van der Waals surface area contributed by atoms with Gasteiger partial charge in [0, 0.05) is 25.2 Å². The Bertz CT molecular complexity index is 975. The number of amides is 6. The highest BCUT2D eigenvalue weighted by molar-refractivity contribution is 7.87. The van der Waals surface area contributed by atoms with Crippen LogP contribution in [0.1, 0.15) is 40.0 Å². The third-order valence-corrected chi connectivity index (χ3v) is 6.36. The van der Waals surface area contributed by atoms with Crippen LogP contribution in [-0.2, 0) is 34.1 Å². The quantitative estimate of drug-likeness (QED) is 0.0996. The van der Waals surface area contributed by atoms with Crippen LogP contribution in [0.2, 0.25) is 0 Å². The number of Topliss-reactive ketones (excluding diaryl/α,β-unsaturated/α-hetero) is 1. The number of nitrogens with one attached hydrogen (secondary N) is 3. The van der Waals surface area contributed by atoms with Crippen LogP contribution in [-0.4, -0.2) is 83.7 Å². The van der Waals surface area contributed by atoms with Crippen molar-refractivity contribution in [2.24, 2.45) is 11.7 Å². The van der Waals surface area contributed by atoms with Crippen molar-refractivity contribution in [1.82, 2.24) is 20.9 Å². The minimum atomic E-state index is -4.96. The molecule has 0 aliphatic carbocycles. The summed E-state index contributed by atoms with van der Waals surface area (Å²) in [7, 11) is -4.96. The molecule has 6 amide bonds. The average Bonchev–Trinajstić information content (AvgIpc) is 3.04. The molecule has 1 aliphatic rings. The van der Waals surface area contributed by atoms with E-state index < -0.39 is 76.0 Å². The van der Waals surface area contributed by atoms with Crippen molar-refractivity contribution in [3.8, 4) is 0 Å². The minimum Gasteiger partial charge on any atom is -0.352 e. The fourth-order valence-corrected chi connectivity index (χ4v) is 3.99. The molecule has 1 heterocycles. The van der Waals surface area contributed by atoms with Gasteiger partial charge >= 0.3 is 6.03 Å². The molecule has 0 spiro atoms. The fourth-order valence-electron chi connectivity index (χ4n) is 3.25. The molecular formula is C20H31N5O9S. The van der Waals surface area contributed by atoms with Gasteiger partial charge in [-0.1, -0.05) is 13.8 Å². The van der Waals surface area contributed by atoms with Gasteiger partial charge in [-0.2, -0.15) is 8.42 Å². The van der Waals surface area contributed by atoms with Crippen LogP contribution in [0.25, 0.3) is 0 Å². The first-order valence-electron chi connectivity index (χ1n) is 10.8. The number of nitrogens with zero attached hydrogens (tertiary/aromatic N) is 1. The molecular weight excluding hydrogens is 486 g/mol. The summed E-state index contributed by atoms with van der Waals surface area (Å²) in [5.74, 6) is -4.28. The van der Waals surface area contributed by atoms with Gasteiger partial charge in [0.05, 0.1) is 6.04 Å². The molecule has 0 aromatic carbocycles. The van der Waals surface area contributed by atoms with Gasteiger partial charge in [-0.3, -0.25) is 33.4 Å². The van der Waals surface area contributed by atoms with Crippen molar-refractivity contribution in [1.29, 1.82) is 0 Å². The Morgan fingerprint density at radius 1 is 1.03 bits per heavy atom. The molecule has 14 nitrogen and oxygen atoms in total. The summed E-state index contributed by atoms with van der Waals surface area (Å²) in [5.41, 5.74) is 4.97. The van der Waals surface area contributed by atoms with Gasteiger partial charge in [-0.25, -0.2) is 4.79 Å². The zero-order valence-corrected chi connectivity index (χ0v) is 20.5. The Labute approximate surface area is 202 Å². The number of imide groups is 1. The number of carbonyl (C=O) groups excluding carboxylic acids is 6. The number of hydrogen-bond acceptors (Lipinski definition) is 8. The van der Waals surface area contributed by atoms with E-state index in [2.05, 4.69) is 16.0 Å². The molecule has 0 fully saturated rings. The summed E-state index contributed by atoms with van der Waals surface area (Å²) < 4.78 is 33.2. The first-order valence-corrected chi connectivity index (χ1v) is 12.3. The fraction of sp³-hybridized carbons (Fsp3) is 0.600. The zero-order chi connectivity index (χ0) is 26.9. The average molecular weight is 518 g/mol. The van der Waals surface area contributed by atoms with Crippen molar-refractivity contribution in [2.75, 3.05) is 13.1 Å². The molecule has 0 saturated heterocycles. The van der Waals surface area contributed by atoms with Crippen LogP contribution in [0.4, 0.5) is 4.79 Å². The van der Waals surface area contributed by atoms with E-state index >= 15 is 0 Å². The second kappa shape index (κ2) is 12.9. The van der Waals surface area contributed by atoms with E-state index in [-0.39, 0.29) is 18.7 Å². The lowest BCUT2D eigenvalue weighted by Crippen LogP contribution is -2.56. The predicted molar refractivity (Wildman–Crippen MR) is 122 cm³/mol. The van der Waals surface area contributed by atoms with Crippen LogP contribution < -0.4 is 21.7 Å². The Morgan fingerprint density at radius 3 is 2.06 bits per heavy atom. The summed E-state index contributed by atoms with van der Waals surface area (Å²) in [6.07, 6.45) is 1.86. The lowest BCUT2D eigenvalue weighted by molar-refractivity contribution is -0.137. The Hall–Kier alpha value is -3.33. The number of primary amides is 1. The number of hydrogen-bond donors (Lipinski definition) is 5. The first kappa shape index (κ1) is 29.7. The summed E-state index contributed by atoms with van der Waals surface area (Å²) in [6, 6.07) is -2.94. The van der Waals surface area contributed by atoms with E-state index in [1.54, 1.807) is 13.8 Å². The Balaban J connectivity index is 2.88. The van der Waals surface area contributed by atoms with Crippen molar-refractivity contribution in [3.05, 3.63) is 12.2 Å². The topological polar surface area (TPSA) is 222 Å². The maximum absolute atomic E-state index is 12.8. The minimum absolute atomic E-state index is 0.166. The molecule has 0 bridgehead atoms. The second-order valence-corrected chi connectivity index (χ2v) is 9.89. The van der Waals surface area contributed by atoms with Crippen LogP contribution in [0, 0.1) is 5.92 Å². The molecule has 0 aromatic rings. The zero-order valence-electron chi connectivity index (χ0n) is 19.6. The van der Waals surface area contributed by atoms with Gasteiger partial charge in [0.15, 0.2) is 11.0 Å². The molecule has 1 unspecified atom stereocenters. The SMILES string of the molecule is CC(=O)C(CCCNC(N)=O)NC(=O)[C@@H](NC(=O)[C@H](CCN1C(=O)C=CC1=O)S(=O)(=O)O)C(C)C. The van der Waals surface area contributed by atoms with E-state index in [0.717, 1.165) is 12.2 Å². The number of nitrogens with two attached hydrogens (primary N) is 1. The smallest absolute Gasteiger partial charge is 0.312 e. The summed E-state index contributed by atoms with van der Waals surface area (Å²) in [5, 5.41) is 5.06. The molecule has 3 atom stereocenters.